The van der Waals surface area contributed by atoms with Crippen LogP contribution in [0.1, 0.15) is 11.4 Å². The Morgan fingerprint density at radius 1 is 0.737 bits per heavy atom. The van der Waals surface area contributed by atoms with Crippen molar-refractivity contribution in [2.24, 2.45) is 0 Å². The van der Waals surface area contributed by atoms with E-state index in [1.807, 2.05) is 0 Å². The lowest BCUT2D eigenvalue weighted by Crippen LogP contribution is -2.44. The molecule has 1 heterocycles. The number of aromatic nitrogens is 2. The lowest BCUT2D eigenvalue weighted by atomic mass is 10.3. The molecular formula is C25H22Cl2N5O4S2+. The number of halogens is 2. The van der Waals surface area contributed by atoms with Gasteiger partial charge in [0.15, 0.2) is 0 Å². The van der Waals surface area contributed by atoms with Gasteiger partial charge in [0, 0.05) is 11.4 Å². The van der Waals surface area contributed by atoms with Crippen LogP contribution in [0.5, 0.6) is 0 Å². The standard InChI is InChI=1S/C25H21Cl2N5O4S2/c1-17-16-18(2)29-24(28-17)30-25(31-37(33,34)22-14-8-6-12-20(22)26)32(19-10-4-3-5-11-19)38(35,36)23-15-9-7-13-21(23)27/h3-16H,1-2H3,(H,28,29,30,31)/p+1. The van der Waals surface area contributed by atoms with Crippen LogP contribution in [0.2, 0.25) is 10.0 Å². The summed E-state index contributed by atoms with van der Waals surface area (Å²) in [4.78, 5) is 8.08. The van der Waals surface area contributed by atoms with E-state index in [2.05, 4.69) is 20.0 Å². The third kappa shape index (κ3) is 5.97. The molecule has 3 aromatic carbocycles. The van der Waals surface area contributed by atoms with Gasteiger partial charge in [0.25, 0.3) is 5.95 Å². The second-order valence-electron chi connectivity index (χ2n) is 8.02. The van der Waals surface area contributed by atoms with E-state index < -0.39 is 26.0 Å². The maximum atomic E-state index is 14.1. The van der Waals surface area contributed by atoms with Crippen LogP contribution in [0.3, 0.4) is 0 Å². The van der Waals surface area contributed by atoms with E-state index in [9.17, 15) is 16.8 Å². The third-order valence-electron chi connectivity index (χ3n) is 5.12. The van der Waals surface area contributed by atoms with Crippen molar-refractivity contribution in [3.8, 4) is 0 Å². The molecule has 0 saturated carbocycles. The number of guanidine groups is 1. The number of para-hydroxylation sites is 1. The molecule has 1 aromatic heterocycles. The van der Waals surface area contributed by atoms with Gasteiger partial charge in [-0.15, -0.1) is 3.98 Å². The van der Waals surface area contributed by atoms with Gasteiger partial charge in [-0.05, 0) is 56.3 Å². The minimum absolute atomic E-state index is 0.0327. The fourth-order valence-corrected chi connectivity index (χ4v) is 7.06. The molecule has 0 spiro atoms. The molecule has 0 fully saturated rings. The second-order valence-corrected chi connectivity index (χ2v) is 12.2. The van der Waals surface area contributed by atoms with E-state index in [0.29, 0.717) is 11.4 Å². The summed E-state index contributed by atoms with van der Waals surface area (Å²) >= 11 is 12.5. The van der Waals surface area contributed by atoms with Crippen molar-refractivity contribution < 1.29 is 20.8 Å². The van der Waals surface area contributed by atoms with Crippen LogP contribution >= 0.6 is 23.2 Å². The largest absolute Gasteiger partial charge is 0.388 e. The Kier molecular flexibility index (Phi) is 8.02. The molecule has 0 saturated heterocycles. The summed E-state index contributed by atoms with van der Waals surface area (Å²) in [6, 6.07) is 21.2. The summed E-state index contributed by atoms with van der Waals surface area (Å²) in [7, 11) is -8.91. The number of hydrogen-bond acceptors (Lipinski definition) is 6. The highest BCUT2D eigenvalue weighted by Gasteiger charge is 2.35. The SMILES string of the molecule is Cc1cc(C)nc(NC(NS(=O)(=O)c2ccccc2Cl)=[N+](c2ccccc2)S(=O)(=O)c2ccccc2Cl)n1. The van der Waals surface area contributed by atoms with Crippen LogP contribution in [-0.2, 0) is 20.0 Å². The van der Waals surface area contributed by atoms with Gasteiger partial charge in [-0.3, -0.25) is 0 Å². The monoisotopic (exact) mass is 590 g/mol. The fourth-order valence-electron chi connectivity index (χ4n) is 3.55. The number of sulfonamides is 2. The van der Waals surface area contributed by atoms with Crippen molar-refractivity contribution in [2.45, 2.75) is 23.6 Å². The summed E-state index contributed by atoms with van der Waals surface area (Å²) in [6.45, 7) is 3.45. The molecule has 4 aromatic rings. The van der Waals surface area contributed by atoms with Gasteiger partial charge in [-0.25, -0.2) is 15.3 Å². The highest BCUT2D eigenvalue weighted by Crippen LogP contribution is 2.28. The highest BCUT2D eigenvalue weighted by atomic mass is 35.5. The zero-order chi connectivity index (χ0) is 27.5. The fraction of sp³-hybridized carbons (Fsp3) is 0.0800. The molecule has 9 nitrogen and oxygen atoms in total. The van der Waals surface area contributed by atoms with E-state index in [1.165, 1.54) is 48.5 Å². The van der Waals surface area contributed by atoms with Gasteiger partial charge in [0.1, 0.15) is 15.5 Å². The van der Waals surface area contributed by atoms with Gasteiger partial charge in [0.2, 0.25) is 0 Å². The molecule has 0 atom stereocenters. The molecule has 0 radical (unpaired) electrons. The summed E-state index contributed by atoms with van der Waals surface area (Å²) in [5, 5.41) is 2.66. The lowest BCUT2D eigenvalue weighted by molar-refractivity contribution is -0.263. The Labute approximate surface area is 230 Å². The number of benzene rings is 3. The Morgan fingerprint density at radius 2 is 1.24 bits per heavy atom. The first-order valence-electron chi connectivity index (χ1n) is 11.1. The molecule has 0 amide bonds. The molecule has 0 aliphatic heterocycles. The second kappa shape index (κ2) is 11.1. The Hall–Kier alpha value is -3.51. The summed E-state index contributed by atoms with van der Waals surface area (Å²) in [5.74, 6) is -0.518. The number of anilines is 1. The van der Waals surface area contributed by atoms with E-state index in [1.54, 1.807) is 50.2 Å². The molecule has 0 aliphatic carbocycles. The topological polar surface area (TPSA) is 121 Å². The van der Waals surface area contributed by atoms with E-state index in [4.69, 9.17) is 23.2 Å². The molecule has 38 heavy (non-hydrogen) atoms. The predicted octanol–water partition coefficient (Wildman–Crippen LogP) is 4.88. The minimum Gasteiger partial charge on any atom is -0.210 e. The lowest BCUT2D eigenvalue weighted by Gasteiger charge is -2.16. The van der Waals surface area contributed by atoms with E-state index in [-0.39, 0.29) is 31.5 Å². The molecule has 4 rings (SSSR count). The average Bonchev–Trinajstić information content (AvgIpc) is 2.84. The van der Waals surface area contributed by atoms with Gasteiger partial charge in [-0.2, -0.15) is 21.6 Å². The zero-order valence-electron chi connectivity index (χ0n) is 20.1. The first-order valence-corrected chi connectivity index (χ1v) is 14.8. The Morgan fingerprint density at radius 3 is 1.79 bits per heavy atom. The average molecular weight is 592 g/mol. The van der Waals surface area contributed by atoms with Crippen LogP contribution < -0.4 is 10.0 Å². The molecule has 0 aliphatic rings. The molecule has 0 bridgehead atoms. The third-order valence-corrected chi connectivity index (χ3v) is 9.18. The van der Waals surface area contributed by atoms with Crippen molar-refractivity contribution in [3.05, 3.63) is 106 Å². The van der Waals surface area contributed by atoms with Crippen molar-refractivity contribution in [1.82, 2.24) is 14.7 Å². The quantitative estimate of drug-likeness (QED) is 0.186. The number of nitrogens with zero attached hydrogens (tertiary/aromatic N) is 3. The van der Waals surface area contributed by atoms with Crippen molar-refractivity contribution >= 4 is 60.8 Å². The van der Waals surface area contributed by atoms with Crippen LogP contribution in [-0.4, -0.2) is 36.7 Å². The number of aryl methyl sites for hydroxylation is 2. The van der Waals surface area contributed by atoms with Gasteiger partial charge >= 0.3 is 26.0 Å². The zero-order valence-corrected chi connectivity index (χ0v) is 23.3. The molecule has 196 valence electrons. The summed E-state index contributed by atoms with van der Waals surface area (Å²) < 4.78 is 58.3. The molecule has 2 N–H and O–H groups in total. The first kappa shape index (κ1) is 27.5. The summed E-state index contributed by atoms with van der Waals surface area (Å²) in [5.41, 5.74) is 1.27. The molecule has 0 unspecified atom stereocenters. The van der Waals surface area contributed by atoms with Gasteiger partial charge in [-0.1, -0.05) is 65.7 Å². The van der Waals surface area contributed by atoms with Crippen LogP contribution in [0.25, 0.3) is 0 Å². The Balaban J connectivity index is 2.04. The van der Waals surface area contributed by atoms with Crippen LogP contribution in [0, 0.1) is 13.8 Å². The van der Waals surface area contributed by atoms with Crippen LogP contribution in [0.15, 0.2) is 94.7 Å². The van der Waals surface area contributed by atoms with Crippen molar-refractivity contribution in [2.75, 3.05) is 5.32 Å². The maximum absolute atomic E-state index is 14.1. The van der Waals surface area contributed by atoms with Crippen molar-refractivity contribution in [3.63, 3.8) is 0 Å². The minimum atomic E-state index is -4.50. The van der Waals surface area contributed by atoms with Crippen LogP contribution in [0.4, 0.5) is 11.6 Å². The first-order chi connectivity index (χ1) is 18.0. The van der Waals surface area contributed by atoms with Gasteiger partial charge < -0.3 is 0 Å². The number of rotatable bonds is 6. The maximum Gasteiger partial charge on any atom is 0.388 e. The smallest absolute Gasteiger partial charge is 0.210 e. The highest BCUT2D eigenvalue weighted by molar-refractivity contribution is 7.90. The predicted molar refractivity (Wildman–Crippen MR) is 147 cm³/mol. The molecular weight excluding hydrogens is 569 g/mol. The van der Waals surface area contributed by atoms with Crippen molar-refractivity contribution in [1.29, 1.82) is 0 Å². The van der Waals surface area contributed by atoms with E-state index >= 15 is 0 Å². The number of nitrogens with one attached hydrogen (secondary N) is 2. The Bertz CT molecular complexity index is 1730. The molecule has 13 heteroatoms. The normalized spacial score (nSPS) is 12.5. The van der Waals surface area contributed by atoms with Gasteiger partial charge in [0.05, 0.1) is 10.0 Å². The summed E-state index contributed by atoms with van der Waals surface area (Å²) in [6.07, 6.45) is 0. The van der Waals surface area contributed by atoms with E-state index in [0.717, 1.165) is 3.98 Å². The number of hydrogen-bond donors (Lipinski definition) is 2.